The van der Waals surface area contributed by atoms with E-state index >= 15 is 0 Å². The van der Waals surface area contributed by atoms with Crippen molar-refractivity contribution in [3.63, 3.8) is 0 Å². The lowest BCUT2D eigenvalue weighted by Gasteiger charge is -2.15. The Morgan fingerprint density at radius 2 is 1.75 bits per heavy atom. The molecule has 1 aliphatic heterocycles. The molecule has 0 aliphatic carbocycles. The first-order valence-corrected chi connectivity index (χ1v) is 4.44. The lowest BCUT2D eigenvalue weighted by Crippen LogP contribution is -2.18. The molecule has 1 N–H and O–H groups in total. The minimum absolute atomic E-state index is 0.862. The van der Waals surface area contributed by atoms with Crippen LogP contribution in [0.25, 0.3) is 0 Å². The van der Waals surface area contributed by atoms with E-state index in [1.54, 1.807) is 6.20 Å². The highest BCUT2D eigenvalue weighted by Crippen LogP contribution is 2.09. The number of carboxylic acids is 1. The molecule has 3 nitrogen and oxygen atoms in total. The Labute approximate surface area is 72.7 Å². The molecule has 0 saturated carbocycles. The predicted octanol–water partition coefficient (Wildman–Crippen LogP) is 1.46. The van der Waals surface area contributed by atoms with Gasteiger partial charge in [-0.2, -0.15) is 0 Å². The number of likely N-dealkylation sites (tertiary alicyclic amines) is 1. The molecule has 0 atom stereocenters. The fourth-order valence-electron chi connectivity index (χ4n) is 1.41. The lowest BCUT2D eigenvalue weighted by molar-refractivity contribution is -0.131. The number of nitrogens with zero attached hydrogens (tertiary/aromatic N) is 1. The Bertz CT molecular complexity index is 169. The first-order valence-electron chi connectivity index (χ1n) is 4.44. The quantitative estimate of drug-likeness (QED) is 0.636. The van der Waals surface area contributed by atoms with Crippen molar-refractivity contribution in [2.45, 2.75) is 25.7 Å². The molecule has 0 aromatic carbocycles. The third-order valence-corrected chi connectivity index (χ3v) is 2.07. The second-order valence-corrected chi connectivity index (χ2v) is 3.10. The first kappa shape index (κ1) is 9.10. The van der Waals surface area contributed by atoms with Crippen molar-refractivity contribution in [2.75, 3.05) is 13.1 Å². The van der Waals surface area contributed by atoms with Gasteiger partial charge in [0.25, 0.3) is 0 Å². The molecule has 0 amide bonds. The predicted molar refractivity (Wildman–Crippen MR) is 46.8 cm³/mol. The van der Waals surface area contributed by atoms with Crippen LogP contribution in [0.1, 0.15) is 25.7 Å². The summed E-state index contributed by atoms with van der Waals surface area (Å²) in [5.41, 5.74) is 0. The highest BCUT2D eigenvalue weighted by Gasteiger charge is 2.04. The molecular weight excluding hydrogens is 154 g/mol. The van der Waals surface area contributed by atoms with Gasteiger partial charge < -0.3 is 10.0 Å². The van der Waals surface area contributed by atoms with Crippen molar-refractivity contribution in [3.05, 3.63) is 12.3 Å². The van der Waals surface area contributed by atoms with Crippen LogP contribution >= 0.6 is 0 Å². The Morgan fingerprint density at radius 3 is 2.25 bits per heavy atom. The fraction of sp³-hybridized carbons (Fsp3) is 0.667. The summed E-state index contributed by atoms with van der Waals surface area (Å²) in [5, 5.41) is 8.40. The lowest BCUT2D eigenvalue weighted by atomic mass is 10.2. The van der Waals surface area contributed by atoms with Gasteiger partial charge in [-0.05, 0) is 12.8 Å². The summed E-state index contributed by atoms with van der Waals surface area (Å²) in [7, 11) is 0. The molecule has 3 heteroatoms. The van der Waals surface area contributed by atoms with Gasteiger partial charge in [-0.15, -0.1) is 0 Å². The van der Waals surface area contributed by atoms with Crippen molar-refractivity contribution in [2.24, 2.45) is 0 Å². The van der Waals surface area contributed by atoms with Gasteiger partial charge in [0.1, 0.15) is 0 Å². The molecule has 0 radical (unpaired) electrons. The summed E-state index contributed by atoms with van der Waals surface area (Å²) < 4.78 is 0. The second kappa shape index (κ2) is 4.80. The maximum atomic E-state index is 10.2. The van der Waals surface area contributed by atoms with Crippen molar-refractivity contribution in [1.29, 1.82) is 0 Å². The molecule has 1 saturated heterocycles. The molecule has 0 aromatic heterocycles. The van der Waals surface area contributed by atoms with E-state index < -0.39 is 5.97 Å². The van der Waals surface area contributed by atoms with E-state index in [2.05, 4.69) is 4.90 Å². The van der Waals surface area contributed by atoms with E-state index in [0.717, 1.165) is 13.1 Å². The van der Waals surface area contributed by atoms with Gasteiger partial charge in [-0.25, -0.2) is 4.79 Å². The SMILES string of the molecule is O=C(O)C=CN1CCCCCC1. The summed E-state index contributed by atoms with van der Waals surface area (Å²) in [5.74, 6) is -0.862. The smallest absolute Gasteiger partial charge is 0.329 e. The number of rotatable bonds is 2. The third-order valence-electron chi connectivity index (χ3n) is 2.07. The van der Waals surface area contributed by atoms with Crippen LogP contribution in [0.4, 0.5) is 0 Å². The van der Waals surface area contributed by atoms with Crippen molar-refractivity contribution in [1.82, 2.24) is 4.90 Å². The zero-order chi connectivity index (χ0) is 8.81. The molecular formula is C9H15NO2. The summed E-state index contributed by atoms with van der Waals surface area (Å²) >= 11 is 0. The zero-order valence-electron chi connectivity index (χ0n) is 7.20. The molecule has 1 heterocycles. The summed E-state index contributed by atoms with van der Waals surface area (Å²) in [6.07, 6.45) is 7.82. The molecule has 12 heavy (non-hydrogen) atoms. The van der Waals surface area contributed by atoms with Crippen molar-refractivity contribution >= 4 is 5.97 Å². The van der Waals surface area contributed by atoms with Crippen molar-refractivity contribution < 1.29 is 9.90 Å². The number of aliphatic carboxylic acids is 1. The third kappa shape index (κ3) is 3.42. The Hall–Kier alpha value is -0.990. The maximum Gasteiger partial charge on any atom is 0.329 e. The number of hydrogen-bond donors (Lipinski definition) is 1. The Morgan fingerprint density at radius 1 is 1.17 bits per heavy atom. The topological polar surface area (TPSA) is 40.5 Å². The molecule has 1 aliphatic rings. The van der Waals surface area contributed by atoms with Gasteiger partial charge in [0.15, 0.2) is 0 Å². The van der Waals surface area contributed by atoms with E-state index in [9.17, 15) is 4.79 Å². The van der Waals surface area contributed by atoms with Gasteiger partial charge >= 0.3 is 5.97 Å². The van der Waals surface area contributed by atoms with Crippen LogP contribution in [-0.4, -0.2) is 29.1 Å². The maximum absolute atomic E-state index is 10.2. The minimum Gasteiger partial charge on any atom is -0.478 e. The normalized spacial score (nSPS) is 19.5. The van der Waals surface area contributed by atoms with Crippen LogP contribution in [-0.2, 0) is 4.79 Å². The largest absolute Gasteiger partial charge is 0.478 e. The average Bonchev–Trinajstić information content (AvgIpc) is 2.28. The van der Waals surface area contributed by atoms with E-state index in [1.165, 1.54) is 31.8 Å². The summed E-state index contributed by atoms with van der Waals surface area (Å²) in [6.45, 7) is 2.01. The van der Waals surface area contributed by atoms with Crippen LogP contribution in [0, 0.1) is 0 Å². The number of carbonyl (C=O) groups is 1. The monoisotopic (exact) mass is 169 g/mol. The van der Waals surface area contributed by atoms with Crippen LogP contribution < -0.4 is 0 Å². The van der Waals surface area contributed by atoms with Gasteiger partial charge in [0.2, 0.25) is 0 Å². The summed E-state index contributed by atoms with van der Waals surface area (Å²) in [6, 6.07) is 0. The van der Waals surface area contributed by atoms with Crippen LogP contribution in [0.15, 0.2) is 12.3 Å². The molecule has 0 unspecified atom stereocenters. The van der Waals surface area contributed by atoms with Gasteiger partial charge in [-0.3, -0.25) is 0 Å². The molecule has 1 rings (SSSR count). The summed E-state index contributed by atoms with van der Waals surface area (Å²) in [4.78, 5) is 12.3. The number of hydrogen-bond acceptors (Lipinski definition) is 2. The number of carboxylic acid groups (broad SMARTS) is 1. The van der Waals surface area contributed by atoms with Crippen LogP contribution in [0.2, 0.25) is 0 Å². The van der Waals surface area contributed by atoms with E-state index in [-0.39, 0.29) is 0 Å². The minimum atomic E-state index is -0.862. The highest BCUT2D eigenvalue weighted by atomic mass is 16.4. The van der Waals surface area contributed by atoms with Crippen LogP contribution in [0.5, 0.6) is 0 Å². The first-order chi connectivity index (χ1) is 5.79. The average molecular weight is 169 g/mol. The van der Waals surface area contributed by atoms with Gasteiger partial charge in [0.05, 0.1) is 0 Å². The standard InChI is InChI=1S/C9H15NO2/c11-9(12)5-8-10-6-3-1-2-4-7-10/h5,8H,1-4,6-7H2,(H,11,12). The molecule has 1 fully saturated rings. The second-order valence-electron chi connectivity index (χ2n) is 3.10. The van der Waals surface area contributed by atoms with Crippen molar-refractivity contribution in [3.8, 4) is 0 Å². The molecule has 0 aromatic rings. The van der Waals surface area contributed by atoms with E-state index in [0.29, 0.717) is 0 Å². The van der Waals surface area contributed by atoms with Gasteiger partial charge in [-0.1, -0.05) is 12.8 Å². The fourth-order valence-corrected chi connectivity index (χ4v) is 1.41. The van der Waals surface area contributed by atoms with Gasteiger partial charge in [0, 0.05) is 25.4 Å². The Balaban J connectivity index is 2.34. The zero-order valence-corrected chi connectivity index (χ0v) is 7.20. The molecule has 68 valence electrons. The van der Waals surface area contributed by atoms with E-state index in [1.807, 2.05) is 0 Å². The van der Waals surface area contributed by atoms with E-state index in [4.69, 9.17) is 5.11 Å². The molecule has 0 spiro atoms. The highest BCUT2D eigenvalue weighted by molar-refractivity contribution is 5.79. The Kier molecular flexibility index (Phi) is 3.64. The molecule has 0 bridgehead atoms. The van der Waals surface area contributed by atoms with Crippen LogP contribution in [0.3, 0.4) is 0 Å².